The van der Waals surface area contributed by atoms with Crippen molar-refractivity contribution in [2.75, 3.05) is 13.1 Å². The molecule has 0 spiro atoms. The Hall–Kier alpha value is -1.30. The number of rotatable bonds is 6. The third-order valence-electron chi connectivity index (χ3n) is 4.20. The van der Waals surface area contributed by atoms with Crippen LogP contribution in [0.1, 0.15) is 59.8 Å². The number of carboxylic acids is 1. The molecule has 1 fully saturated rings. The molecule has 1 amide bonds. The minimum absolute atomic E-state index is 0.0925. The van der Waals surface area contributed by atoms with Gasteiger partial charge in [-0.15, -0.1) is 0 Å². The van der Waals surface area contributed by atoms with Gasteiger partial charge >= 0.3 is 12.1 Å². The summed E-state index contributed by atoms with van der Waals surface area (Å²) in [6, 6.07) is -0.0925. The van der Waals surface area contributed by atoms with Gasteiger partial charge in [-0.25, -0.2) is 4.79 Å². The van der Waals surface area contributed by atoms with E-state index in [0.29, 0.717) is 31.8 Å². The van der Waals surface area contributed by atoms with Gasteiger partial charge in [-0.2, -0.15) is 0 Å². The van der Waals surface area contributed by atoms with Crippen molar-refractivity contribution in [3.05, 3.63) is 0 Å². The lowest BCUT2D eigenvalue weighted by Gasteiger charge is -2.33. The first kappa shape index (κ1) is 19.7. The number of aliphatic carboxylic acids is 1. The molecule has 1 saturated heterocycles. The lowest BCUT2D eigenvalue weighted by molar-refractivity contribution is -0.142. The van der Waals surface area contributed by atoms with Crippen LogP contribution in [0.3, 0.4) is 0 Å². The molecule has 1 heterocycles. The Morgan fingerprint density at radius 1 is 1.30 bits per heavy atom. The van der Waals surface area contributed by atoms with Gasteiger partial charge in [0.2, 0.25) is 0 Å². The van der Waals surface area contributed by atoms with Gasteiger partial charge in [0, 0.05) is 19.1 Å². The van der Waals surface area contributed by atoms with Crippen molar-refractivity contribution in [2.45, 2.75) is 71.4 Å². The van der Waals surface area contributed by atoms with Gasteiger partial charge in [0.1, 0.15) is 5.60 Å². The quantitative estimate of drug-likeness (QED) is 0.782. The molecule has 1 rings (SSSR count). The van der Waals surface area contributed by atoms with Crippen LogP contribution in [0.5, 0.6) is 0 Å². The molecule has 134 valence electrons. The fraction of sp³-hybridized carbons (Fsp3) is 0.882. The first-order chi connectivity index (χ1) is 10.6. The topological polar surface area (TPSA) is 92.9 Å². The van der Waals surface area contributed by atoms with Crippen molar-refractivity contribution < 1.29 is 19.4 Å². The maximum absolute atomic E-state index is 12.0. The molecule has 0 saturated carbocycles. The maximum atomic E-state index is 12.0. The lowest BCUT2D eigenvalue weighted by Crippen LogP contribution is -2.41. The van der Waals surface area contributed by atoms with Gasteiger partial charge in [0.05, 0.1) is 5.92 Å². The van der Waals surface area contributed by atoms with Crippen LogP contribution in [0.15, 0.2) is 0 Å². The van der Waals surface area contributed by atoms with E-state index in [1.807, 2.05) is 27.7 Å². The Morgan fingerprint density at radius 3 is 2.30 bits per heavy atom. The number of hydrogen-bond acceptors (Lipinski definition) is 4. The fourth-order valence-electron chi connectivity index (χ4n) is 2.96. The number of amides is 1. The molecule has 0 radical (unpaired) electrons. The maximum Gasteiger partial charge on any atom is 0.410 e. The molecule has 6 heteroatoms. The van der Waals surface area contributed by atoms with E-state index in [-0.39, 0.29) is 18.1 Å². The van der Waals surface area contributed by atoms with Crippen LogP contribution in [0, 0.1) is 11.8 Å². The molecule has 0 bridgehead atoms. The van der Waals surface area contributed by atoms with Crippen molar-refractivity contribution in [1.82, 2.24) is 4.90 Å². The number of piperidine rings is 1. The molecule has 6 nitrogen and oxygen atoms in total. The van der Waals surface area contributed by atoms with Crippen LogP contribution in [0.25, 0.3) is 0 Å². The van der Waals surface area contributed by atoms with Crippen molar-refractivity contribution in [3.8, 4) is 0 Å². The highest BCUT2D eigenvalue weighted by Crippen LogP contribution is 2.26. The molecule has 23 heavy (non-hydrogen) atoms. The van der Waals surface area contributed by atoms with Crippen molar-refractivity contribution in [2.24, 2.45) is 17.6 Å². The summed E-state index contributed by atoms with van der Waals surface area (Å²) in [5, 5.41) is 9.25. The molecule has 2 atom stereocenters. The number of nitrogens with zero attached hydrogens (tertiary/aromatic N) is 1. The third kappa shape index (κ3) is 7.68. The van der Waals surface area contributed by atoms with Crippen molar-refractivity contribution in [1.29, 1.82) is 0 Å². The number of carbonyl (C=O) groups is 2. The summed E-state index contributed by atoms with van der Waals surface area (Å²) < 4.78 is 5.38. The number of carboxylic acid groups (broad SMARTS) is 1. The van der Waals surface area contributed by atoms with Crippen molar-refractivity contribution in [3.63, 3.8) is 0 Å². The molecule has 0 aromatic rings. The molecule has 1 aliphatic rings. The highest BCUT2D eigenvalue weighted by Gasteiger charge is 2.28. The summed E-state index contributed by atoms with van der Waals surface area (Å²) in [5.74, 6) is -0.643. The lowest BCUT2D eigenvalue weighted by atomic mass is 9.87. The number of likely N-dealkylation sites (tertiary alicyclic amines) is 1. The summed E-state index contributed by atoms with van der Waals surface area (Å²) in [4.78, 5) is 25.0. The molecule has 0 aliphatic carbocycles. The van der Waals surface area contributed by atoms with Gasteiger partial charge < -0.3 is 20.5 Å². The summed E-state index contributed by atoms with van der Waals surface area (Å²) in [6.45, 7) is 8.80. The number of nitrogens with two attached hydrogens (primary N) is 1. The van der Waals surface area contributed by atoms with Gasteiger partial charge in [0.15, 0.2) is 0 Å². The van der Waals surface area contributed by atoms with E-state index in [1.54, 1.807) is 4.90 Å². The third-order valence-corrected chi connectivity index (χ3v) is 4.20. The molecule has 3 N–H and O–H groups in total. The highest BCUT2D eigenvalue weighted by molar-refractivity contribution is 5.70. The molecular weight excluding hydrogens is 296 g/mol. The second kappa shape index (κ2) is 8.52. The zero-order valence-corrected chi connectivity index (χ0v) is 14.9. The smallest absolute Gasteiger partial charge is 0.410 e. The predicted octanol–water partition coefficient (Wildman–Crippen LogP) is 2.85. The fourth-order valence-corrected chi connectivity index (χ4v) is 2.96. The monoisotopic (exact) mass is 328 g/mol. The van der Waals surface area contributed by atoms with Gasteiger partial charge in [-0.05, 0) is 65.7 Å². The van der Waals surface area contributed by atoms with Gasteiger partial charge in [-0.3, -0.25) is 4.79 Å². The Balaban J connectivity index is 2.36. The average Bonchev–Trinajstić information content (AvgIpc) is 2.41. The van der Waals surface area contributed by atoms with Crippen LogP contribution in [0.2, 0.25) is 0 Å². The highest BCUT2D eigenvalue weighted by atomic mass is 16.6. The van der Waals surface area contributed by atoms with E-state index in [4.69, 9.17) is 10.5 Å². The predicted molar refractivity (Wildman–Crippen MR) is 89.2 cm³/mol. The van der Waals surface area contributed by atoms with Crippen molar-refractivity contribution >= 4 is 12.1 Å². The molecule has 0 aromatic heterocycles. The molecular formula is C17H32N2O4. The van der Waals surface area contributed by atoms with E-state index < -0.39 is 11.6 Å². The largest absolute Gasteiger partial charge is 0.481 e. The van der Waals surface area contributed by atoms with E-state index in [2.05, 4.69) is 0 Å². The van der Waals surface area contributed by atoms with Crippen LogP contribution in [-0.4, -0.2) is 46.8 Å². The van der Waals surface area contributed by atoms with Crippen LogP contribution < -0.4 is 5.73 Å². The zero-order chi connectivity index (χ0) is 17.6. The Morgan fingerprint density at radius 2 is 1.87 bits per heavy atom. The number of ether oxygens (including phenoxy) is 1. The van der Waals surface area contributed by atoms with Crippen LogP contribution in [-0.2, 0) is 9.53 Å². The second-order valence-electron chi connectivity index (χ2n) is 7.74. The second-order valence-corrected chi connectivity index (χ2v) is 7.74. The standard InChI is InChI=1S/C17H32N2O4/c1-12(18)11-14(15(20)21)6-5-13-7-9-19(10-8-13)16(22)23-17(2,3)4/h12-14H,5-11,18H2,1-4H3,(H,20,21). The van der Waals surface area contributed by atoms with Crippen LogP contribution in [0.4, 0.5) is 4.79 Å². The Kier molecular flexibility index (Phi) is 7.32. The normalized spacial score (nSPS) is 19.3. The molecule has 0 aromatic carbocycles. The first-order valence-electron chi connectivity index (χ1n) is 8.55. The van der Waals surface area contributed by atoms with E-state index in [9.17, 15) is 14.7 Å². The summed E-state index contributed by atoms with van der Waals surface area (Å²) in [7, 11) is 0. The number of hydrogen-bond donors (Lipinski definition) is 2. The summed E-state index contributed by atoms with van der Waals surface area (Å²) in [5.41, 5.74) is 5.25. The summed E-state index contributed by atoms with van der Waals surface area (Å²) >= 11 is 0. The van der Waals surface area contributed by atoms with E-state index >= 15 is 0 Å². The minimum Gasteiger partial charge on any atom is -0.481 e. The minimum atomic E-state index is -0.756. The van der Waals surface area contributed by atoms with E-state index in [0.717, 1.165) is 19.3 Å². The van der Waals surface area contributed by atoms with Gasteiger partial charge in [0.25, 0.3) is 0 Å². The SMILES string of the molecule is CC(N)CC(CCC1CCN(C(=O)OC(C)(C)C)CC1)C(=O)O. The zero-order valence-electron chi connectivity index (χ0n) is 14.9. The first-order valence-corrected chi connectivity index (χ1v) is 8.55. The molecule has 2 unspecified atom stereocenters. The van der Waals surface area contributed by atoms with E-state index in [1.165, 1.54) is 0 Å². The summed E-state index contributed by atoms with van der Waals surface area (Å²) in [6.07, 6.45) is 3.62. The Bertz CT molecular complexity index is 396. The van der Waals surface area contributed by atoms with Crippen LogP contribution >= 0.6 is 0 Å². The Labute approximate surface area is 139 Å². The van der Waals surface area contributed by atoms with Gasteiger partial charge in [-0.1, -0.05) is 0 Å². The molecule has 1 aliphatic heterocycles. The number of carbonyl (C=O) groups excluding carboxylic acids is 1. The average molecular weight is 328 g/mol.